The first kappa shape index (κ1) is 54.0. The van der Waals surface area contributed by atoms with Crippen LogP contribution in [-0.2, 0) is 23.9 Å². The van der Waals surface area contributed by atoms with Gasteiger partial charge in [-0.2, -0.15) is 0 Å². The molecule has 1 atom stereocenters. The molecule has 51 heavy (non-hydrogen) atoms. The van der Waals surface area contributed by atoms with Gasteiger partial charge in [0, 0.05) is 48.3 Å². The largest absolute Gasteiger partial charge is 0.373 e. The Bertz CT molecular complexity index is 1230. The molecule has 7 heteroatoms. The number of Topliss-reactive ketones (excluding diaryl/α,β-unsaturated/α-hetero) is 1. The van der Waals surface area contributed by atoms with Gasteiger partial charge in [-0.15, -0.1) is 18.9 Å². The minimum Gasteiger partial charge on any atom is -0.373 e. The maximum Gasteiger partial charge on any atom is 0.254 e. The average Bonchev–Trinajstić information content (AvgIpc) is 3.82. The van der Waals surface area contributed by atoms with Crippen molar-refractivity contribution < 1.29 is 23.9 Å². The average molecular weight is 711 g/mol. The Hall–Kier alpha value is -3.76. The highest BCUT2D eigenvalue weighted by Crippen LogP contribution is 2.23. The maximum atomic E-state index is 11.4. The van der Waals surface area contributed by atoms with Crippen molar-refractivity contribution in [1.29, 1.82) is 0 Å². The summed E-state index contributed by atoms with van der Waals surface area (Å²) in [5.74, 6) is 4.76. The van der Waals surface area contributed by atoms with Crippen LogP contribution in [0.5, 0.6) is 0 Å². The summed E-state index contributed by atoms with van der Waals surface area (Å²) in [6.45, 7) is 42.2. The number of rotatable bonds is 6. The molecule has 3 rings (SSSR count). The SMILES string of the molecule is C#CC(C)C.C=C1C=C(C(C)C)C(=O)N1C.C=CC.CC(C)C1CO1.CC(C)N1C(=O)C=CC1=O.CC=C(C)C(=O)C(C)C.CC=C(C)C(C)C. The standard InChI is InChI=1S/C9H13NO.C8H14O.C7H9NO2.C7H14.C5H10O.C5H8.C3H6/c1-6(2)8-5-7(3)10(4)9(8)11;1-5-7(4)8(9)6(2)3;1-5(2)8-6(9)3-4-7(8)10;1-5-7(4)6(2)3;1-4(2)5-3-6-5;1-4-5(2)3;1-3-2/h5-6H,3H2,1-2,4H3;5-6H,1-4H3;3-5H,1-2H3;5-6H,1-4H3;4-5H,3H2,1-2H3;1,5H,2-3H3;3H,1H2,2H3. The van der Waals surface area contributed by atoms with Gasteiger partial charge in [0.15, 0.2) is 5.78 Å². The highest BCUT2D eigenvalue weighted by atomic mass is 16.6. The number of carbonyl (C=O) groups is 4. The van der Waals surface area contributed by atoms with E-state index in [1.54, 1.807) is 18.0 Å². The fraction of sp³-hybridized carbons (Fsp3) is 0.591. The number of likely N-dealkylation sites (N-methyl/N-ethyl adjacent to an activating group) is 1. The lowest BCUT2D eigenvalue weighted by Gasteiger charge is -2.17. The zero-order chi connectivity index (χ0) is 41.2. The normalized spacial score (nSPS) is 16.1. The lowest BCUT2D eigenvalue weighted by atomic mass is 10.0. The number of carbonyl (C=O) groups excluding carboxylic acids is 4. The van der Waals surface area contributed by atoms with Crippen LogP contribution < -0.4 is 0 Å². The van der Waals surface area contributed by atoms with Crippen molar-refractivity contribution in [3.63, 3.8) is 0 Å². The second-order valence-corrected chi connectivity index (χ2v) is 14.1. The number of allylic oxidation sites excluding steroid dienone is 6. The van der Waals surface area contributed by atoms with Gasteiger partial charge in [0.2, 0.25) is 0 Å². The number of epoxide rings is 1. The fourth-order valence-electron chi connectivity index (χ4n) is 3.37. The van der Waals surface area contributed by atoms with Gasteiger partial charge < -0.3 is 9.64 Å². The van der Waals surface area contributed by atoms with Gasteiger partial charge >= 0.3 is 0 Å². The van der Waals surface area contributed by atoms with Gasteiger partial charge in [0.1, 0.15) is 0 Å². The number of nitrogens with zero attached hydrogens (tertiary/aromatic N) is 2. The van der Waals surface area contributed by atoms with Crippen molar-refractivity contribution in [3.05, 3.63) is 72.0 Å². The van der Waals surface area contributed by atoms with Crippen LogP contribution in [-0.4, -0.2) is 59.1 Å². The zero-order valence-electron chi connectivity index (χ0n) is 35.6. The third-order valence-electron chi connectivity index (χ3n) is 7.43. The molecule has 3 amide bonds. The molecule has 0 aromatic heterocycles. The van der Waals surface area contributed by atoms with Crippen molar-refractivity contribution in [2.45, 2.75) is 130 Å². The van der Waals surface area contributed by atoms with Crippen LogP contribution in [0.25, 0.3) is 0 Å². The Balaban J connectivity index is -0.000000260. The van der Waals surface area contributed by atoms with Crippen LogP contribution in [0.3, 0.4) is 0 Å². The molecule has 0 aromatic rings. The molecule has 0 saturated carbocycles. The van der Waals surface area contributed by atoms with E-state index in [9.17, 15) is 19.2 Å². The van der Waals surface area contributed by atoms with E-state index in [-0.39, 0.29) is 35.5 Å². The van der Waals surface area contributed by atoms with Gasteiger partial charge in [-0.25, -0.2) is 0 Å². The molecule has 1 unspecified atom stereocenters. The topological polar surface area (TPSA) is 87.3 Å². The van der Waals surface area contributed by atoms with Gasteiger partial charge in [0.05, 0.1) is 12.7 Å². The van der Waals surface area contributed by atoms with Crippen LogP contribution in [0.1, 0.15) is 118 Å². The summed E-state index contributed by atoms with van der Waals surface area (Å²) in [5, 5.41) is 0. The quantitative estimate of drug-likeness (QED) is 0.0900. The molecule has 0 aliphatic carbocycles. The lowest BCUT2D eigenvalue weighted by Crippen LogP contribution is -2.36. The van der Waals surface area contributed by atoms with Gasteiger partial charge in [-0.1, -0.05) is 99.6 Å². The Morgan fingerprint density at radius 1 is 0.882 bits per heavy atom. The van der Waals surface area contributed by atoms with Crippen LogP contribution in [0.15, 0.2) is 72.0 Å². The van der Waals surface area contributed by atoms with Crippen LogP contribution in [0.4, 0.5) is 0 Å². The second-order valence-electron chi connectivity index (χ2n) is 14.1. The molecular formula is C44H74N2O5. The van der Waals surface area contributed by atoms with E-state index in [0.717, 1.165) is 35.3 Å². The Labute approximate surface area is 314 Å². The first-order chi connectivity index (χ1) is 23.4. The highest BCUT2D eigenvalue weighted by molar-refractivity contribution is 6.13. The van der Waals surface area contributed by atoms with Crippen molar-refractivity contribution in [1.82, 2.24) is 9.80 Å². The van der Waals surface area contributed by atoms with Crippen molar-refractivity contribution in [2.24, 2.45) is 29.6 Å². The first-order valence-corrected chi connectivity index (χ1v) is 18.1. The molecule has 3 aliphatic rings. The van der Waals surface area contributed by atoms with Gasteiger partial charge in [0.25, 0.3) is 17.7 Å². The molecule has 3 heterocycles. The first-order valence-electron chi connectivity index (χ1n) is 18.1. The van der Waals surface area contributed by atoms with E-state index in [1.165, 1.54) is 22.6 Å². The number of ketones is 1. The van der Waals surface area contributed by atoms with E-state index in [1.807, 2.05) is 88.3 Å². The molecule has 0 N–H and O–H groups in total. The third kappa shape index (κ3) is 26.7. The van der Waals surface area contributed by atoms with E-state index >= 15 is 0 Å². The molecule has 290 valence electrons. The summed E-state index contributed by atoms with van der Waals surface area (Å²) in [7, 11) is 1.75. The fourth-order valence-corrected chi connectivity index (χ4v) is 3.37. The van der Waals surface area contributed by atoms with E-state index in [4.69, 9.17) is 11.2 Å². The van der Waals surface area contributed by atoms with Crippen LogP contribution in [0, 0.1) is 41.9 Å². The molecule has 1 saturated heterocycles. The molecule has 3 aliphatic heterocycles. The zero-order valence-corrected chi connectivity index (χ0v) is 35.6. The minimum atomic E-state index is -0.208. The van der Waals surface area contributed by atoms with E-state index < -0.39 is 0 Å². The molecule has 7 nitrogen and oxygen atoms in total. The predicted molar refractivity (Wildman–Crippen MR) is 219 cm³/mol. The number of amides is 3. The van der Waals surface area contributed by atoms with Crippen molar-refractivity contribution in [2.75, 3.05) is 13.7 Å². The third-order valence-corrected chi connectivity index (χ3v) is 7.43. The summed E-state index contributed by atoms with van der Waals surface area (Å²) in [4.78, 5) is 46.8. The molecular weight excluding hydrogens is 636 g/mol. The van der Waals surface area contributed by atoms with Crippen LogP contribution >= 0.6 is 0 Å². The van der Waals surface area contributed by atoms with E-state index in [2.05, 4.69) is 66.7 Å². The molecule has 0 aromatic carbocycles. The highest BCUT2D eigenvalue weighted by Gasteiger charge is 2.26. The number of imide groups is 1. The number of hydrogen-bond donors (Lipinski definition) is 0. The Morgan fingerprint density at radius 3 is 1.39 bits per heavy atom. The summed E-state index contributed by atoms with van der Waals surface area (Å²) in [5.41, 5.74) is 3.99. The minimum absolute atomic E-state index is 0.0324. The number of ether oxygens (including phenoxy) is 1. The summed E-state index contributed by atoms with van der Waals surface area (Å²) in [6, 6.07) is -0.0324. The molecule has 1 fully saturated rings. The predicted octanol–water partition coefficient (Wildman–Crippen LogP) is 10.2. The van der Waals surface area contributed by atoms with Gasteiger partial charge in [-0.05, 0) is 77.9 Å². The maximum absolute atomic E-state index is 11.4. The van der Waals surface area contributed by atoms with Crippen molar-refractivity contribution in [3.8, 4) is 12.3 Å². The Kier molecular flexibility index (Phi) is 31.7. The summed E-state index contributed by atoms with van der Waals surface area (Å²) in [6.07, 6.45) is 15.7. The summed E-state index contributed by atoms with van der Waals surface area (Å²) >= 11 is 0. The lowest BCUT2D eigenvalue weighted by molar-refractivity contribution is -0.138. The van der Waals surface area contributed by atoms with Crippen LogP contribution in [0.2, 0.25) is 0 Å². The van der Waals surface area contributed by atoms with Crippen molar-refractivity contribution >= 4 is 23.5 Å². The summed E-state index contributed by atoms with van der Waals surface area (Å²) < 4.78 is 4.97. The second kappa shape index (κ2) is 29.9. The molecule has 0 bridgehead atoms. The molecule has 0 radical (unpaired) electrons. The smallest absolute Gasteiger partial charge is 0.254 e. The number of hydrogen-bond acceptors (Lipinski definition) is 5. The number of terminal acetylenes is 1. The molecule has 0 spiro atoms. The monoisotopic (exact) mass is 711 g/mol. The van der Waals surface area contributed by atoms with Gasteiger partial charge in [-0.3, -0.25) is 24.1 Å². The van der Waals surface area contributed by atoms with E-state index in [0.29, 0.717) is 17.9 Å². The Morgan fingerprint density at radius 2 is 1.29 bits per heavy atom.